The van der Waals surface area contributed by atoms with Crippen molar-refractivity contribution in [3.63, 3.8) is 0 Å². The number of benzene rings is 4. The van der Waals surface area contributed by atoms with Gasteiger partial charge >= 0.3 is 0 Å². The predicted octanol–water partition coefficient (Wildman–Crippen LogP) is 8.62. The second kappa shape index (κ2) is 19.5. The number of allylic oxidation sites excluding steroid dienone is 3. The number of amides is 3. The van der Waals surface area contributed by atoms with Crippen LogP contribution in [-0.4, -0.2) is 75.8 Å². The summed E-state index contributed by atoms with van der Waals surface area (Å²) in [6.45, 7) is 13.6. The van der Waals surface area contributed by atoms with Crippen LogP contribution in [0.5, 0.6) is 11.5 Å². The molecule has 0 aliphatic carbocycles. The molecule has 1 fully saturated rings. The first-order valence-corrected chi connectivity index (χ1v) is 24.3. The van der Waals surface area contributed by atoms with Gasteiger partial charge in [0.05, 0.1) is 47.1 Å². The van der Waals surface area contributed by atoms with Gasteiger partial charge in [-0.05, 0) is 99.3 Å². The molecule has 61 heavy (non-hydrogen) atoms. The topological polar surface area (TPSA) is 118 Å². The Bertz CT molecular complexity index is 2240. The first-order valence-electron chi connectivity index (χ1n) is 21.2. The molecule has 0 saturated carbocycles. The molecule has 4 aromatic carbocycles. The number of methoxy groups -OCH3 is 2. The van der Waals surface area contributed by atoms with E-state index in [2.05, 4.69) is 70.4 Å². The highest BCUT2D eigenvalue weighted by molar-refractivity contribution is 6.91. The maximum Gasteiger partial charge on any atom is 0.264 e. The van der Waals surface area contributed by atoms with E-state index in [0.717, 1.165) is 29.3 Å². The Labute approximate surface area is 362 Å². The molecule has 0 aromatic heterocycles. The van der Waals surface area contributed by atoms with Crippen molar-refractivity contribution in [2.45, 2.75) is 83.8 Å². The molecule has 6 rings (SSSR count). The molecule has 10 nitrogen and oxygen atoms in total. The predicted molar refractivity (Wildman–Crippen MR) is 245 cm³/mol. The first-order chi connectivity index (χ1) is 29.2. The minimum absolute atomic E-state index is 0.0239. The third kappa shape index (κ3) is 9.69. The van der Waals surface area contributed by atoms with Crippen LogP contribution in [0.15, 0.2) is 120 Å². The van der Waals surface area contributed by atoms with Gasteiger partial charge in [0.1, 0.15) is 11.5 Å². The quantitative estimate of drug-likeness (QED) is 0.0808. The molecule has 2 aliphatic heterocycles. The van der Waals surface area contributed by atoms with Crippen LogP contribution in [0.3, 0.4) is 0 Å². The highest BCUT2D eigenvalue weighted by Crippen LogP contribution is 2.60. The van der Waals surface area contributed by atoms with Gasteiger partial charge in [-0.3, -0.25) is 14.4 Å². The van der Waals surface area contributed by atoms with E-state index in [9.17, 15) is 14.7 Å². The zero-order valence-electron chi connectivity index (χ0n) is 36.9. The Morgan fingerprint density at radius 2 is 1.57 bits per heavy atom. The maximum absolute atomic E-state index is 15.5. The molecule has 0 unspecified atom stereocenters. The fourth-order valence-corrected chi connectivity index (χ4v) is 13.2. The van der Waals surface area contributed by atoms with Gasteiger partial charge in [-0.1, -0.05) is 91.0 Å². The smallest absolute Gasteiger partial charge is 0.264 e. The molecule has 2 N–H and O–H groups in total. The summed E-state index contributed by atoms with van der Waals surface area (Å²) in [6, 6.07) is 30.4. The number of nitrogens with one attached hydrogen (secondary N) is 1. The molecule has 3 amide bonds. The third-order valence-corrected chi connectivity index (χ3v) is 16.8. The summed E-state index contributed by atoms with van der Waals surface area (Å²) in [5, 5.41) is 14.3. The van der Waals surface area contributed by atoms with Gasteiger partial charge in [0.15, 0.2) is 5.60 Å². The van der Waals surface area contributed by atoms with Crippen LogP contribution in [0.1, 0.15) is 68.4 Å². The van der Waals surface area contributed by atoms with Crippen molar-refractivity contribution in [3.8, 4) is 11.5 Å². The summed E-state index contributed by atoms with van der Waals surface area (Å²) in [6.07, 6.45) is 5.50. The molecule has 11 heteroatoms. The number of nitrogens with zero attached hydrogens (tertiary/aromatic N) is 2. The van der Waals surface area contributed by atoms with Crippen LogP contribution in [0.4, 0.5) is 11.4 Å². The monoisotopic (exact) mass is 843 g/mol. The molecular weight excluding hydrogens is 783 g/mol. The van der Waals surface area contributed by atoms with Crippen molar-refractivity contribution in [2.24, 2.45) is 5.92 Å². The van der Waals surface area contributed by atoms with Gasteiger partial charge in [0, 0.05) is 42.4 Å². The molecule has 4 atom stereocenters. The van der Waals surface area contributed by atoms with Gasteiger partial charge in [0.2, 0.25) is 5.91 Å². The first kappa shape index (κ1) is 45.0. The van der Waals surface area contributed by atoms with Crippen molar-refractivity contribution >= 4 is 42.4 Å². The van der Waals surface area contributed by atoms with Crippen LogP contribution in [0, 0.1) is 5.92 Å². The Hall–Kier alpha value is -5.49. The van der Waals surface area contributed by atoms with Crippen LogP contribution >= 0.6 is 0 Å². The van der Waals surface area contributed by atoms with E-state index in [1.807, 2.05) is 65.6 Å². The number of carbonyl (C=O) groups excluding carboxylic acids is 3. The van der Waals surface area contributed by atoms with E-state index < -0.39 is 19.8 Å². The minimum atomic E-state index is -2.59. The number of fused-ring (bicyclic) bond motifs is 2. The fourth-order valence-electron chi connectivity index (χ4n) is 9.17. The molecule has 2 aliphatic rings. The fraction of sp³-hybridized carbons (Fsp3) is 0.380. The number of aliphatic hydroxyl groups is 1. The van der Waals surface area contributed by atoms with E-state index >= 15 is 4.79 Å². The van der Waals surface area contributed by atoms with Gasteiger partial charge < -0.3 is 34.4 Å². The lowest BCUT2D eigenvalue weighted by molar-refractivity contribution is -0.149. The number of ether oxygens (including phenoxy) is 3. The summed E-state index contributed by atoms with van der Waals surface area (Å²) in [4.78, 5) is 47.1. The number of anilines is 2. The molecule has 1 spiro atoms. The molecule has 0 bridgehead atoms. The zero-order valence-corrected chi connectivity index (χ0v) is 37.9. The lowest BCUT2D eigenvalue weighted by Gasteiger charge is -2.37. The molecule has 0 radical (unpaired) electrons. The van der Waals surface area contributed by atoms with Crippen LogP contribution < -0.4 is 24.9 Å². The molecule has 4 aromatic rings. The third-order valence-electron chi connectivity index (χ3n) is 12.5. The average molecular weight is 844 g/mol. The molecule has 322 valence electrons. The molecular formula is C50H61N3O7Si. The van der Waals surface area contributed by atoms with Crippen LogP contribution in [-0.2, 0) is 26.5 Å². The van der Waals surface area contributed by atoms with Crippen molar-refractivity contribution in [1.82, 2.24) is 4.90 Å². The summed E-state index contributed by atoms with van der Waals surface area (Å²) < 4.78 is 18.1. The number of carbonyl (C=O) groups is 3. The van der Waals surface area contributed by atoms with Crippen LogP contribution in [0.2, 0.25) is 18.6 Å². The van der Waals surface area contributed by atoms with Crippen LogP contribution in [0.25, 0.3) is 0 Å². The highest BCUT2D eigenvalue weighted by Gasteiger charge is 2.66. The average Bonchev–Trinajstić information content (AvgIpc) is 3.68. The number of rotatable bonds is 17. The van der Waals surface area contributed by atoms with E-state index in [-0.39, 0.29) is 48.8 Å². The number of hydrogen-bond acceptors (Lipinski definition) is 7. The lowest BCUT2D eigenvalue weighted by Crippen LogP contribution is -2.52. The normalized spacial score (nSPS) is 19.8. The van der Waals surface area contributed by atoms with Gasteiger partial charge in [-0.2, -0.15) is 0 Å². The minimum Gasteiger partial charge on any atom is -0.497 e. The SMILES string of the molecule is COc1ccc(C(=O)Nc2ccc3c(c2)[C@]2(O[C@@H](CC(=O)N(CCO)Cc4ccccc4)[C@H]([Si](C)(C)c4ccc(OC)cc4)[C@H]2C)C(=O)N3C/C=C(\C)CCC=C(C)C)cc1. The second-order valence-corrected chi connectivity index (χ2v) is 21.8. The Morgan fingerprint density at radius 1 is 0.918 bits per heavy atom. The number of aliphatic hydroxyl groups excluding tert-OH is 1. The van der Waals surface area contributed by atoms with Gasteiger partial charge in [-0.25, -0.2) is 0 Å². The standard InChI is InChI=1S/C50H61N3O7Si/c1-34(2)13-12-14-35(3)27-28-53-44-26-19-39(51-48(56)38-17-20-40(58-5)21-18-38)31-43(44)50(49(53)57)36(4)47(61(7,8)42-24-22-41(59-6)23-25-42)45(60-50)32-46(55)52(29-30-54)33-37-15-10-9-11-16-37/h9-11,13,15-27,31,36,45,47,54H,12,14,28-30,32-33H2,1-8H3,(H,51,56)/b35-27+/t36-,45+,47-,50+/m1/s1. The summed E-state index contributed by atoms with van der Waals surface area (Å²) >= 11 is 0. The van der Waals surface area contributed by atoms with E-state index in [1.54, 1.807) is 43.4 Å². The second-order valence-electron chi connectivity index (χ2n) is 17.1. The Morgan fingerprint density at radius 3 is 2.20 bits per heavy atom. The van der Waals surface area contributed by atoms with Crippen molar-refractivity contribution < 1.29 is 33.7 Å². The summed E-state index contributed by atoms with van der Waals surface area (Å²) in [5.74, 6) is 0.377. The summed E-state index contributed by atoms with van der Waals surface area (Å²) in [7, 11) is 0.633. The van der Waals surface area contributed by atoms with Crippen molar-refractivity contribution in [3.05, 3.63) is 137 Å². The summed E-state index contributed by atoms with van der Waals surface area (Å²) in [5.41, 5.74) is 4.12. The molecule has 2 heterocycles. The lowest BCUT2D eigenvalue weighted by atomic mass is 9.82. The Balaban J connectivity index is 1.44. The van der Waals surface area contributed by atoms with Gasteiger partial charge in [-0.15, -0.1) is 0 Å². The molecule has 1 saturated heterocycles. The van der Waals surface area contributed by atoms with E-state index in [1.165, 1.54) is 11.1 Å². The van der Waals surface area contributed by atoms with Gasteiger partial charge in [0.25, 0.3) is 11.8 Å². The highest BCUT2D eigenvalue weighted by atomic mass is 28.3. The Kier molecular flexibility index (Phi) is 14.4. The van der Waals surface area contributed by atoms with E-state index in [0.29, 0.717) is 41.3 Å². The number of hydrogen-bond donors (Lipinski definition) is 2. The van der Waals surface area contributed by atoms with Crippen molar-refractivity contribution in [1.29, 1.82) is 0 Å². The van der Waals surface area contributed by atoms with E-state index in [4.69, 9.17) is 14.2 Å². The largest absolute Gasteiger partial charge is 0.497 e. The maximum atomic E-state index is 15.5. The zero-order chi connectivity index (χ0) is 43.9. The van der Waals surface area contributed by atoms with Crippen molar-refractivity contribution in [2.75, 3.05) is 44.1 Å².